The van der Waals surface area contributed by atoms with Crippen molar-refractivity contribution in [3.8, 4) is 11.3 Å². The second kappa shape index (κ2) is 10.8. The van der Waals surface area contributed by atoms with Crippen LogP contribution >= 0.6 is 0 Å². The number of hydrogen-bond donors (Lipinski definition) is 1. The molecule has 0 spiro atoms. The van der Waals surface area contributed by atoms with Crippen molar-refractivity contribution in [3.63, 3.8) is 0 Å². The minimum Gasteiger partial charge on any atom is -0.478 e. The highest BCUT2D eigenvalue weighted by molar-refractivity contribution is 5.98. The van der Waals surface area contributed by atoms with Gasteiger partial charge in [-0.3, -0.25) is 9.80 Å². The van der Waals surface area contributed by atoms with Crippen LogP contribution in [0.4, 0.5) is 8.78 Å². The summed E-state index contributed by atoms with van der Waals surface area (Å²) in [6.45, 7) is 7.23. The van der Waals surface area contributed by atoms with Gasteiger partial charge in [0.05, 0.1) is 24.5 Å². The Hall–Kier alpha value is -2.81. The van der Waals surface area contributed by atoms with Gasteiger partial charge >= 0.3 is 5.97 Å². The number of fused-ring (bicyclic) bond motifs is 5. The quantitative estimate of drug-likeness (QED) is 0.493. The lowest BCUT2D eigenvalue weighted by Gasteiger charge is -2.33. The molecule has 0 bridgehead atoms. The second-order valence-electron chi connectivity index (χ2n) is 10.9. The van der Waals surface area contributed by atoms with Crippen molar-refractivity contribution in [1.29, 1.82) is 0 Å². The monoisotopic (exact) mass is 523 g/mol. The Morgan fingerprint density at radius 2 is 1.76 bits per heavy atom. The molecule has 1 saturated heterocycles. The highest BCUT2D eigenvalue weighted by Crippen LogP contribution is 2.46. The Morgan fingerprint density at radius 1 is 0.974 bits per heavy atom. The zero-order valence-corrected chi connectivity index (χ0v) is 21.7. The molecular formula is C30H35F2N3O3. The zero-order valence-electron chi connectivity index (χ0n) is 21.7. The molecule has 0 amide bonds. The van der Waals surface area contributed by atoms with Gasteiger partial charge in [0.2, 0.25) is 0 Å². The molecule has 3 heterocycles. The van der Waals surface area contributed by atoms with Gasteiger partial charge in [-0.05, 0) is 48.2 Å². The van der Waals surface area contributed by atoms with Crippen molar-refractivity contribution in [2.75, 3.05) is 45.9 Å². The number of carboxylic acids is 1. The standard InChI is InChI=1S/C30H35F2N3O3/c31-22-7-5-21-19-34(10-9-33-13-15-38-16-14-33)11-12-35-27-17-20(30(36)37)6-8-24(27)28(29(35)25(21)18-22)23-3-1-2-4-26(23)32/h5-8,17-18,23,26H,1-4,9-16,19H2,(H,36,37)/t23-,26-/m1/s1. The summed E-state index contributed by atoms with van der Waals surface area (Å²) in [6.07, 6.45) is 2.12. The molecule has 3 aromatic rings. The number of carbonyl (C=O) groups is 1. The van der Waals surface area contributed by atoms with Crippen LogP contribution in [0.25, 0.3) is 22.2 Å². The van der Waals surface area contributed by atoms with Crippen molar-refractivity contribution < 1.29 is 23.4 Å². The number of morpholine rings is 1. The molecule has 202 valence electrons. The van der Waals surface area contributed by atoms with E-state index in [1.807, 2.05) is 12.1 Å². The highest BCUT2D eigenvalue weighted by atomic mass is 19.1. The lowest BCUT2D eigenvalue weighted by Crippen LogP contribution is -2.42. The van der Waals surface area contributed by atoms with Crippen molar-refractivity contribution in [3.05, 3.63) is 58.9 Å². The first-order chi connectivity index (χ1) is 18.5. The first-order valence-corrected chi connectivity index (χ1v) is 13.8. The maximum Gasteiger partial charge on any atom is 0.335 e. The minimum absolute atomic E-state index is 0.204. The van der Waals surface area contributed by atoms with E-state index in [0.717, 1.165) is 98.5 Å². The molecule has 3 aliphatic rings. The van der Waals surface area contributed by atoms with E-state index < -0.39 is 12.1 Å². The van der Waals surface area contributed by atoms with Gasteiger partial charge in [-0.1, -0.05) is 25.0 Å². The van der Waals surface area contributed by atoms with Crippen LogP contribution in [0.15, 0.2) is 36.4 Å². The molecular weight excluding hydrogens is 488 g/mol. The molecule has 1 aromatic heterocycles. The van der Waals surface area contributed by atoms with Crippen LogP contribution in [-0.4, -0.2) is 77.6 Å². The third-order valence-electron chi connectivity index (χ3n) is 8.60. The summed E-state index contributed by atoms with van der Waals surface area (Å²) < 4.78 is 37.9. The number of halogens is 2. The van der Waals surface area contributed by atoms with Gasteiger partial charge in [0.15, 0.2) is 0 Å². The third kappa shape index (κ3) is 4.85. The number of hydrogen-bond acceptors (Lipinski definition) is 4. The van der Waals surface area contributed by atoms with Gasteiger partial charge in [0, 0.05) is 68.2 Å². The summed E-state index contributed by atoms with van der Waals surface area (Å²) in [6, 6.07) is 10.1. The second-order valence-corrected chi connectivity index (χ2v) is 10.9. The smallest absolute Gasteiger partial charge is 0.335 e. The molecule has 38 heavy (non-hydrogen) atoms. The fourth-order valence-corrected chi connectivity index (χ4v) is 6.58. The molecule has 0 unspecified atom stereocenters. The molecule has 2 atom stereocenters. The number of carboxylic acid groups (broad SMARTS) is 1. The van der Waals surface area contributed by atoms with Crippen LogP contribution in [0.1, 0.15) is 53.1 Å². The number of ether oxygens (including phenoxy) is 1. The number of benzene rings is 2. The van der Waals surface area contributed by atoms with E-state index in [1.165, 1.54) is 6.07 Å². The van der Waals surface area contributed by atoms with Crippen molar-refractivity contribution >= 4 is 16.9 Å². The van der Waals surface area contributed by atoms with Crippen LogP contribution in [0.5, 0.6) is 0 Å². The van der Waals surface area contributed by atoms with Gasteiger partial charge in [0.1, 0.15) is 12.0 Å². The molecule has 1 aliphatic carbocycles. The molecule has 2 aliphatic heterocycles. The highest BCUT2D eigenvalue weighted by Gasteiger charge is 2.34. The van der Waals surface area contributed by atoms with Crippen LogP contribution in [0.3, 0.4) is 0 Å². The van der Waals surface area contributed by atoms with E-state index in [1.54, 1.807) is 18.2 Å². The topological polar surface area (TPSA) is 57.9 Å². The van der Waals surface area contributed by atoms with Crippen molar-refractivity contribution in [2.45, 2.75) is 50.9 Å². The SMILES string of the molecule is O=C(O)c1ccc2c([C@@H]3CCCC[C@H]3F)c3n(c2c1)CCN(CCN1CCOCC1)Cc1ccc(F)cc1-3. The summed E-state index contributed by atoms with van der Waals surface area (Å²) in [5, 5.41) is 10.6. The van der Waals surface area contributed by atoms with Gasteiger partial charge in [0.25, 0.3) is 0 Å². The molecule has 2 aromatic carbocycles. The van der Waals surface area contributed by atoms with Gasteiger partial charge in [-0.25, -0.2) is 13.6 Å². The van der Waals surface area contributed by atoms with E-state index in [2.05, 4.69) is 14.4 Å². The summed E-state index contributed by atoms with van der Waals surface area (Å²) in [5.41, 5.74) is 4.58. The van der Waals surface area contributed by atoms with Crippen LogP contribution in [0, 0.1) is 5.82 Å². The average Bonchev–Trinajstić information content (AvgIpc) is 3.23. The molecule has 6 rings (SSSR count). The zero-order chi connectivity index (χ0) is 26.2. The predicted molar refractivity (Wildman–Crippen MR) is 143 cm³/mol. The van der Waals surface area contributed by atoms with Gasteiger partial charge < -0.3 is 14.4 Å². The molecule has 8 heteroatoms. The van der Waals surface area contributed by atoms with Crippen molar-refractivity contribution in [2.24, 2.45) is 0 Å². The molecule has 1 N–H and O–H groups in total. The van der Waals surface area contributed by atoms with Crippen LogP contribution in [0.2, 0.25) is 0 Å². The number of aromatic nitrogens is 1. The summed E-state index contributed by atoms with van der Waals surface area (Å²) in [4.78, 5) is 16.7. The van der Waals surface area contributed by atoms with Gasteiger partial charge in [-0.2, -0.15) is 0 Å². The van der Waals surface area contributed by atoms with E-state index in [4.69, 9.17) is 4.74 Å². The fraction of sp³-hybridized carbons (Fsp3) is 0.500. The number of nitrogens with zero attached hydrogens (tertiary/aromatic N) is 3. The predicted octanol–water partition coefficient (Wildman–Crippen LogP) is 5.29. The Kier molecular flexibility index (Phi) is 7.20. The molecule has 1 saturated carbocycles. The van der Waals surface area contributed by atoms with E-state index in [0.29, 0.717) is 19.5 Å². The summed E-state index contributed by atoms with van der Waals surface area (Å²) in [7, 11) is 0. The first kappa shape index (κ1) is 25.5. The Bertz CT molecular complexity index is 1330. The summed E-state index contributed by atoms with van der Waals surface area (Å²) in [5.74, 6) is -1.60. The van der Waals surface area contributed by atoms with E-state index >= 15 is 4.39 Å². The number of rotatable bonds is 5. The maximum atomic E-state index is 15.5. The summed E-state index contributed by atoms with van der Waals surface area (Å²) >= 11 is 0. The largest absolute Gasteiger partial charge is 0.478 e. The molecule has 6 nitrogen and oxygen atoms in total. The van der Waals surface area contributed by atoms with Crippen LogP contribution < -0.4 is 0 Å². The first-order valence-electron chi connectivity index (χ1n) is 13.8. The molecule has 2 fully saturated rings. The average molecular weight is 524 g/mol. The lowest BCUT2D eigenvalue weighted by atomic mass is 9.80. The fourth-order valence-electron chi connectivity index (χ4n) is 6.58. The lowest BCUT2D eigenvalue weighted by molar-refractivity contribution is 0.0327. The Labute approximate surface area is 221 Å². The number of aromatic carboxylic acids is 1. The molecule has 0 radical (unpaired) electrons. The minimum atomic E-state index is -0.991. The normalized spacial score (nSPS) is 23.0. The third-order valence-corrected chi connectivity index (χ3v) is 8.60. The Balaban J connectivity index is 1.48. The van der Waals surface area contributed by atoms with Crippen LogP contribution in [-0.2, 0) is 17.8 Å². The van der Waals surface area contributed by atoms with Gasteiger partial charge in [-0.15, -0.1) is 0 Å². The van der Waals surface area contributed by atoms with E-state index in [-0.39, 0.29) is 17.3 Å². The maximum absolute atomic E-state index is 15.5. The van der Waals surface area contributed by atoms with Crippen molar-refractivity contribution in [1.82, 2.24) is 14.4 Å². The Morgan fingerprint density at radius 3 is 2.55 bits per heavy atom. The number of alkyl halides is 1. The van der Waals surface area contributed by atoms with E-state index in [9.17, 15) is 14.3 Å².